The van der Waals surface area contributed by atoms with Crippen LogP contribution in [0.25, 0.3) is 39.1 Å². The van der Waals surface area contributed by atoms with Gasteiger partial charge in [-0.05, 0) is 125 Å². The van der Waals surface area contributed by atoms with Gasteiger partial charge < -0.3 is 14.2 Å². The third-order valence-electron chi connectivity index (χ3n) is 14.8. The molecule has 0 radical (unpaired) electrons. The van der Waals surface area contributed by atoms with Crippen molar-refractivity contribution in [2.75, 3.05) is 6.61 Å². The topological polar surface area (TPSA) is 169 Å². The van der Waals surface area contributed by atoms with Crippen molar-refractivity contribution in [2.24, 2.45) is 13.0 Å². The summed E-state index contributed by atoms with van der Waals surface area (Å²) in [7, 11) is 1.72. The van der Waals surface area contributed by atoms with Gasteiger partial charge in [-0.25, -0.2) is 28.0 Å². The summed E-state index contributed by atoms with van der Waals surface area (Å²) in [5, 5.41) is 14.6. The van der Waals surface area contributed by atoms with Crippen LogP contribution in [-0.4, -0.2) is 77.4 Å². The number of halogens is 2. The van der Waals surface area contributed by atoms with Gasteiger partial charge in [0.25, 0.3) is 5.91 Å². The van der Waals surface area contributed by atoms with Crippen LogP contribution < -0.4 is 11.4 Å². The van der Waals surface area contributed by atoms with Crippen LogP contribution in [0.4, 0.5) is 8.78 Å². The number of aryl methyl sites for hydroxylation is 3. The molecule has 18 heteroatoms. The normalized spacial score (nSPS) is 23.3. The van der Waals surface area contributed by atoms with Crippen molar-refractivity contribution >= 4 is 27.8 Å². The maximum atomic E-state index is 16.2. The third kappa shape index (κ3) is 5.78. The molecule has 0 unspecified atom stereocenters. The number of benzene rings is 2. The summed E-state index contributed by atoms with van der Waals surface area (Å²) in [5.41, 5.74) is 3.64. The number of rotatable bonds is 7. The van der Waals surface area contributed by atoms with Crippen LogP contribution in [-0.2, 0) is 23.7 Å². The summed E-state index contributed by atoms with van der Waals surface area (Å²) >= 11 is 0. The molecule has 9 heterocycles. The Bertz CT molecular complexity index is 3450. The molecule has 16 nitrogen and oxygen atoms in total. The second kappa shape index (κ2) is 14.0. The number of hydrogen-bond donors (Lipinski definition) is 1. The number of aromatic nitrogens is 10. The van der Waals surface area contributed by atoms with Crippen LogP contribution in [0.1, 0.15) is 109 Å². The molecule has 3 aliphatic heterocycles. The molecule has 1 amide bonds. The zero-order valence-corrected chi connectivity index (χ0v) is 37.3. The maximum Gasteiger partial charge on any atom is 0.438 e. The second-order valence-corrected chi connectivity index (χ2v) is 19.4. The van der Waals surface area contributed by atoms with E-state index in [1.54, 1.807) is 60.7 Å². The molecule has 1 N–H and O–H groups in total. The van der Waals surface area contributed by atoms with Crippen molar-refractivity contribution in [3.8, 4) is 17.2 Å². The van der Waals surface area contributed by atoms with Gasteiger partial charge in [0.05, 0.1) is 45.8 Å². The molecule has 2 saturated heterocycles. The fraction of sp³-hybridized carbons (Fsp3) is 0.396. The standard InChI is InChI=1S/C48H47F2N11O5/c1-24-15-31(16-25(2)39(24)49)61-42(58-13-12-57(46(58)64)36-10-9-34-32(40(36)50)23-52-56(34)6)38-33(54-61)19-30-7-8-35(38)59(30)43(62)37-18-28-17-29(27-11-14-65-47(4,5)21-27)22-51-41(28)60(37)48(20-26(48)3)44-53-45(63)66-55-44/h9-10,12-13,15-18,22-23,26-27,30,35H,7-8,11,14,19-21H2,1-6H3,(H,53,55,63)/t26-,27+,30+,35-,48-/m0/s1. The molecule has 338 valence electrons. The summed E-state index contributed by atoms with van der Waals surface area (Å²) in [6.07, 6.45) is 10.3. The quantitative estimate of drug-likeness (QED) is 0.178. The van der Waals surface area contributed by atoms with E-state index in [-0.39, 0.29) is 46.3 Å². The van der Waals surface area contributed by atoms with E-state index in [0.717, 1.165) is 23.8 Å². The number of ether oxygens (including phenoxy) is 1. The fourth-order valence-electron chi connectivity index (χ4n) is 11.5. The SMILES string of the molecule is Cc1cc(-n2nc3c(c2-n2ccn(-c4ccc5c(cnn5C)c4F)c2=O)[C@@H]2CC[C@H](C3)N2C(=O)c2cc3cc([C@@H]4CCOC(C)(C)C4)cnc3n2[C@@]2(c3noc(=O)[nH]3)C[C@@H]2C)cc(C)c1F. The third-order valence-corrected chi connectivity index (χ3v) is 14.8. The molecule has 5 atom stereocenters. The summed E-state index contributed by atoms with van der Waals surface area (Å²) in [5.74, 6) is -0.990. The molecule has 0 spiro atoms. The fourth-order valence-corrected chi connectivity index (χ4v) is 11.5. The molecule has 8 aromatic rings. The van der Waals surface area contributed by atoms with Crippen molar-refractivity contribution < 1.29 is 22.8 Å². The van der Waals surface area contributed by atoms with E-state index < -0.39 is 28.8 Å². The largest absolute Gasteiger partial charge is 0.438 e. The van der Waals surface area contributed by atoms with E-state index in [9.17, 15) is 9.59 Å². The molecule has 1 saturated carbocycles. The Hall–Kier alpha value is -6.95. The van der Waals surface area contributed by atoms with Crippen LogP contribution in [0.15, 0.2) is 75.3 Å². The van der Waals surface area contributed by atoms with Crippen LogP contribution in [0.5, 0.6) is 0 Å². The lowest BCUT2D eigenvalue weighted by Gasteiger charge is -2.35. The van der Waals surface area contributed by atoms with Crippen LogP contribution in [0, 0.1) is 31.4 Å². The average Bonchev–Trinajstić information content (AvgIpc) is 3.99. The van der Waals surface area contributed by atoms with Gasteiger partial charge in [-0.1, -0.05) is 12.1 Å². The molecule has 66 heavy (non-hydrogen) atoms. The highest BCUT2D eigenvalue weighted by molar-refractivity contribution is 5.99. The highest BCUT2D eigenvalue weighted by Gasteiger charge is 2.60. The number of carbonyl (C=O) groups is 1. The molecule has 4 aliphatic rings. The van der Waals surface area contributed by atoms with Gasteiger partial charge in [-0.15, -0.1) is 0 Å². The van der Waals surface area contributed by atoms with E-state index >= 15 is 13.6 Å². The number of aromatic amines is 1. The molecule has 2 aromatic carbocycles. The maximum absolute atomic E-state index is 16.2. The molecular weight excluding hydrogens is 849 g/mol. The first-order valence-electron chi connectivity index (χ1n) is 22.5. The van der Waals surface area contributed by atoms with Crippen molar-refractivity contribution in [3.05, 3.63) is 133 Å². The van der Waals surface area contributed by atoms with Crippen molar-refractivity contribution in [3.63, 3.8) is 0 Å². The van der Waals surface area contributed by atoms with Gasteiger partial charge in [-0.3, -0.25) is 28.1 Å². The van der Waals surface area contributed by atoms with Crippen LogP contribution in [0.3, 0.4) is 0 Å². The Balaban J connectivity index is 1.02. The number of pyridine rings is 1. The van der Waals surface area contributed by atoms with Crippen LogP contribution >= 0.6 is 0 Å². The number of fused-ring (bicyclic) bond motifs is 6. The van der Waals surface area contributed by atoms with Crippen molar-refractivity contribution in [2.45, 2.75) is 102 Å². The van der Waals surface area contributed by atoms with E-state index in [2.05, 4.69) is 35.2 Å². The monoisotopic (exact) mass is 895 g/mol. The van der Waals surface area contributed by atoms with Gasteiger partial charge >= 0.3 is 11.4 Å². The number of imidazole rings is 1. The van der Waals surface area contributed by atoms with Crippen LogP contribution in [0.2, 0.25) is 0 Å². The summed E-state index contributed by atoms with van der Waals surface area (Å²) in [6, 6.07) is 9.90. The number of carbonyl (C=O) groups excluding carboxylic acids is 1. The lowest BCUT2D eigenvalue weighted by molar-refractivity contribution is -0.0593. The summed E-state index contributed by atoms with van der Waals surface area (Å²) < 4.78 is 50.3. The lowest BCUT2D eigenvalue weighted by atomic mass is 9.84. The first kappa shape index (κ1) is 40.6. The van der Waals surface area contributed by atoms with E-state index in [1.165, 1.54) is 21.5 Å². The van der Waals surface area contributed by atoms with Gasteiger partial charge in [-0.2, -0.15) is 10.2 Å². The van der Waals surface area contributed by atoms with Crippen molar-refractivity contribution in [1.82, 2.24) is 53.3 Å². The lowest BCUT2D eigenvalue weighted by Crippen LogP contribution is -2.43. The zero-order chi connectivity index (χ0) is 45.7. The number of hydrogen-bond acceptors (Lipinski definition) is 9. The molecule has 1 aliphatic carbocycles. The summed E-state index contributed by atoms with van der Waals surface area (Å²) in [6.45, 7) is 10.2. The minimum atomic E-state index is -0.910. The average molecular weight is 896 g/mol. The Morgan fingerprint density at radius 3 is 2.45 bits per heavy atom. The summed E-state index contributed by atoms with van der Waals surface area (Å²) in [4.78, 5) is 52.8. The molecule has 6 aromatic heterocycles. The number of H-pyrrole nitrogens is 1. The first-order valence-corrected chi connectivity index (χ1v) is 22.5. The Morgan fingerprint density at radius 2 is 1.73 bits per heavy atom. The number of nitrogens with zero attached hydrogens (tertiary/aromatic N) is 10. The predicted octanol–water partition coefficient (Wildman–Crippen LogP) is 6.98. The molecular formula is C48H47F2N11O5. The van der Waals surface area contributed by atoms with E-state index in [0.29, 0.717) is 88.9 Å². The minimum Gasteiger partial charge on any atom is -0.376 e. The van der Waals surface area contributed by atoms with E-state index in [1.807, 2.05) is 28.7 Å². The van der Waals surface area contributed by atoms with E-state index in [4.69, 9.17) is 19.3 Å². The van der Waals surface area contributed by atoms with Gasteiger partial charge in [0.2, 0.25) is 0 Å². The Morgan fingerprint density at radius 1 is 0.955 bits per heavy atom. The highest BCUT2D eigenvalue weighted by Crippen LogP contribution is 2.56. The minimum absolute atomic E-state index is 0.0325. The molecule has 3 fully saturated rings. The first-order chi connectivity index (χ1) is 31.6. The number of amides is 1. The smallest absolute Gasteiger partial charge is 0.376 e. The second-order valence-electron chi connectivity index (χ2n) is 19.4. The Labute approximate surface area is 375 Å². The van der Waals surface area contributed by atoms with Gasteiger partial charge in [0, 0.05) is 55.7 Å². The Kier molecular flexibility index (Phi) is 8.62. The predicted molar refractivity (Wildman–Crippen MR) is 238 cm³/mol. The molecule has 2 bridgehead atoms. The van der Waals surface area contributed by atoms with Crippen molar-refractivity contribution in [1.29, 1.82) is 0 Å². The van der Waals surface area contributed by atoms with Gasteiger partial charge in [0.1, 0.15) is 28.5 Å². The van der Waals surface area contributed by atoms with Gasteiger partial charge in [0.15, 0.2) is 11.6 Å². The highest BCUT2D eigenvalue weighted by atomic mass is 19.1. The number of nitrogens with one attached hydrogen (secondary N) is 1. The molecule has 12 rings (SSSR count). The zero-order valence-electron chi connectivity index (χ0n) is 37.3.